The average molecular weight is 457 g/mol. The van der Waals surface area contributed by atoms with Crippen LogP contribution in [-0.4, -0.2) is 32.6 Å². The fourth-order valence-corrected chi connectivity index (χ4v) is 3.84. The Bertz CT molecular complexity index is 1380. The fraction of sp³-hybridized carbons (Fsp3) is 0.0800. The largest absolute Gasteiger partial charge is 0.494 e. The number of carboxylic acid groups (broad SMARTS) is 1. The number of rotatable bonds is 7. The number of amides is 1. The topological polar surface area (TPSA) is 153 Å². The molecule has 0 spiro atoms. The van der Waals surface area contributed by atoms with Gasteiger partial charge >= 0.3 is 5.97 Å². The molecule has 0 bridgehead atoms. The van der Waals surface area contributed by atoms with Gasteiger partial charge in [-0.2, -0.15) is 0 Å². The minimum atomic E-state index is -0.986. The highest BCUT2D eigenvalue weighted by Gasteiger charge is 2.22. The molecule has 9 heteroatoms. The molecule has 172 valence electrons. The average Bonchev–Trinajstić information content (AvgIpc) is 3.13. The van der Waals surface area contributed by atoms with Crippen molar-refractivity contribution in [3.8, 4) is 5.88 Å². The molecular weight excluding hydrogens is 434 g/mol. The van der Waals surface area contributed by atoms with Crippen LogP contribution in [0.25, 0.3) is 10.8 Å². The highest BCUT2D eigenvalue weighted by atomic mass is 16.4. The zero-order valence-corrected chi connectivity index (χ0v) is 18.0. The van der Waals surface area contributed by atoms with Gasteiger partial charge < -0.3 is 31.1 Å². The highest BCUT2D eigenvalue weighted by Crippen LogP contribution is 2.35. The van der Waals surface area contributed by atoms with Crippen molar-refractivity contribution in [2.24, 2.45) is 5.73 Å². The molecule has 34 heavy (non-hydrogen) atoms. The van der Waals surface area contributed by atoms with Crippen LogP contribution in [0.2, 0.25) is 0 Å². The lowest BCUT2D eigenvalue weighted by Crippen LogP contribution is -2.20. The number of benzene rings is 3. The zero-order valence-electron chi connectivity index (χ0n) is 18.0. The van der Waals surface area contributed by atoms with Gasteiger partial charge in [0.1, 0.15) is 0 Å². The molecule has 0 saturated heterocycles. The van der Waals surface area contributed by atoms with Crippen LogP contribution in [0.1, 0.15) is 28.4 Å². The quantitative estimate of drug-likeness (QED) is 0.182. The normalized spacial score (nSPS) is 11.6. The van der Waals surface area contributed by atoms with Crippen molar-refractivity contribution in [3.63, 3.8) is 0 Å². The fourth-order valence-electron chi connectivity index (χ4n) is 3.84. The first-order chi connectivity index (χ1) is 16.3. The number of fused-ring (bicyclic) bond motifs is 1. The van der Waals surface area contributed by atoms with E-state index < -0.39 is 12.0 Å². The summed E-state index contributed by atoms with van der Waals surface area (Å²) in [4.78, 5) is 24.2. The summed E-state index contributed by atoms with van der Waals surface area (Å²) < 4.78 is 1.54. The molecule has 7 N–H and O–H groups in total. The summed E-state index contributed by atoms with van der Waals surface area (Å²) in [6.07, 6.45) is 1.50. The summed E-state index contributed by atoms with van der Waals surface area (Å²) in [7, 11) is 0. The number of anilines is 2. The first-order valence-corrected chi connectivity index (χ1v) is 10.4. The van der Waals surface area contributed by atoms with E-state index >= 15 is 0 Å². The Morgan fingerprint density at radius 2 is 1.71 bits per heavy atom. The van der Waals surface area contributed by atoms with Crippen molar-refractivity contribution < 1.29 is 19.8 Å². The van der Waals surface area contributed by atoms with Crippen molar-refractivity contribution in [2.75, 3.05) is 10.6 Å². The first-order valence-electron chi connectivity index (χ1n) is 10.4. The van der Waals surface area contributed by atoms with Crippen molar-refractivity contribution in [3.05, 3.63) is 90.1 Å². The molecule has 3 aromatic carbocycles. The van der Waals surface area contributed by atoms with Gasteiger partial charge in [0.25, 0.3) is 5.91 Å². The number of carboxylic acids is 1. The van der Waals surface area contributed by atoms with Crippen molar-refractivity contribution >= 4 is 40.0 Å². The third kappa shape index (κ3) is 4.83. The molecule has 1 aromatic heterocycles. The van der Waals surface area contributed by atoms with Crippen molar-refractivity contribution in [1.29, 1.82) is 5.41 Å². The molecule has 1 atom stereocenters. The summed E-state index contributed by atoms with van der Waals surface area (Å²) in [6.45, 7) is 0. The predicted octanol–water partition coefficient (Wildman–Crippen LogP) is 3.97. The monoisotopic (exact) mass is 457 g/mol. The number of nitrogens with zero attached hydrogens (tertiary/aromatic N) is 1. The van der Waals surface area contributed by atoms with Gasteiger partial charge in [0, 0.05) is 33.9 Å². The van der Waals surface area contributed by atoms with Crippen LogP contribution in [0.15, 0.2) is 79.0 Å². The third-order valence-corrected chi connectivity index (χ3v) is 5.37. The van der Waals surface area contributed by atoms with Gasteiger partial charge in [-0.3, -0.25) is 15.0 Å². The van der Waals surface area contributed by atoms with Crippen molar-refractivity contribution in [1.82, 2.24) is 4.57 Å². The molecule has 0 aliphatic rings. The Balaban J connectivity index is 1.64. The smallest absolute Gasteiger partial charge is 0.305 e. The maximum atomic E-state index is 12.7. The van der Waals surface area contributed by atoms with Gasteiger partial charge in [0.05, 0.1) is 12.5 Å². The molecule has 0 aliphatic heterocycles. The number of carbonyl (C=O) groups is 2. The van der Waals surface area contributed by atoms with E-state index in [-0.39, 0.29) is 24.2 Å². The van der Waals surface area contributed by atoms with Crippen LogP contribution in [0.4, 0.5) is 11.4 Å². The number of aromatic nitrogens is 1. The molecule has 0 aliphatic carbocycles. The number of aliphatic carboxylic acids is 1. The molecule has 1 amide bonds. The minimum absolute atomic E-state index is 0.0890. The maximum absolute atomic E-state index is 12.7. The third-order valence-electron chi connectivity index (χ3n) is 5.37. The van der Waals surface area contributed by atoms with Gasteiger partial charge in [-0.1, -0.05) is 42.5 Å². The molecule has 9 nitrogen and oxygen atoms in total. The molecular formula is C25H23N5O4. The summed E-state index contributed by atoms with van der Waals surface area (Å²) >= 11 is 0. The Hall–Kier alpha value is -4.79. The van der Waals surface area contributed by atoms with Gasteiger partial charge in [0.15, 0.2) is 11.8 Å². The lowest BCUT2D eigenvalue weighted by atomic mass is 10.0. The number of hydrogen-bond donors (Lipinski definition) is 6. The van der Waals surface area contributed by atoms with Crippen LogP contribution in [0.5, 0.6) is 5.88 Å². The van der Waals surface area contributed by atoms with E-state index in [1.165, 1.54) is 4.57 Å². The number of nitrogens with two attached hydrogens (primary N) is 1. The molecule has 1 heterocycles. The van der Waals surface area contributed by atoms with Gasteiger partial charge in [-0.25, -0.2) is 0 Å². The second kappa shape index (κ2) is 9.37. The van der Waals surface area contributed by atoms with Gasteiger partial charge in [0.2, 0.25) is 0 Å². The lowest BCUT2D eigenvalue weighted by molar-refractivity contribution is -0.137. The van der Waals surface area contributed by atoms with E-state index in [0.29, 0.717) is 27.7 Å². The molecule has 0 saturated carbocycles. The lowest BCUT2D eigenvalue weighted by Gasteiger charge is -2.18. The van der Waals surface area contributed by atoms with Gasteiger partial charge in [-0.05, 0) is 35.9 Å². The van der Waals surface area contributed by atoms with E-state index in [1.807, 2.05) is 30.3 Å². The zero-order chi connectivity index (χ0) is 24.2. The van der Waals surface area contributed by atoms with E-state index in [9.17, 15) is 19.8 Å². The van der Waals surface area contributed by atoms with Gasteiger partial charge in [-0.15, -0.1) is 0 Å². The van der Waals surface area contributed by atoms with E-state index in [0.717, 1.165) is 5.56 Å². The Morgan fingerprint density at radius 3 is 2.41 bits per heavy atom. The van der Waals surface area contributed by atoms with Crippen molar-refractivity contribution in [2.45, 2.75) is 12.5 Å². The van der Waals surface area contributed by atoms with Crippen LogP contribution >= 0.6 is 0 Å². The van der Waals surface area contributed by atoms with Crippen LogP contribution in [0.3, 0.4) is 0 Å². The molecule has 4 aromatic rings. The first kappa shape index (κ1) is 22.4. The second-order valence-corrected chi connectivity index (χ2v) is 7.76. The van der Waals surface area contributed by atoms with Crippen LogP contribution in [-0.2, 0) is 4.79 Å². The summed E-state index contributed by atoms with van der Waals surface area (Å²) in [5, 5.41) is 34.3. The number of guanidine groups is 1. The number of nitrogens with one attached hydrogen (secondary N) is 3. The number of aromatic hydroxyl groups is 1. The van der Waals surface area contributed by atoms with E-state index in [2.05, 4.69) is 10.6 Å². The van der Waals surface area contributed by atoms with E-state index in [4.69, 9.17) is 11.1 Å². The minimum Gasteiger partial charge on any atom is -0.494 e. The molecule has 4 rings (SSSR count). The molecule has 1 unspecified atom stereocenters. The Labute approximate surface area is 195 Å². The Kier molecular flexibility index (Phi) is 6.18. The second-order valence-electron chi connectivity index (χ2n) is 7.76. The summed E-state index contributed by atoms with van der Waals surface area (Å²) in [5.74, 6) is -1.69. The molecule has 0 radical (unpaired) electrons. The highest BCUT2D eigenvalue weighted by molar-refractivity contribution is 6.06. The molecule has 0 fully saturated rings. The Morgan fingerprint density at radius 1 is 0.971 bits per heavy atom. The number of hydrogen-bond acceptors (Lipinski definition) is 4. The van der Waals surface area contributed by atoms with E-state index in [1.54, 1.807) is 48.7 Å². The van der Waals surface area contributed by atoms with Crippen LogP contribution in [0, 0.1) is 5.41 Å². The standard InChI is InChI=1S/C25H23N5O4/c26-25(27)29-18-8-4-7-16(11-18)23(33)28-19-10-9-17-14-30(24(34)20(17)12-19)21(13-22(31)32)15-5-2-1-3-6-15/h1-12,14,21,34H,13H2,(H,28,33)(H,31,32)(H4,26,27,29). The van der Waals surface area contributed by atoms with Crippen LogP contribution < -0.4 is 16.4 Å². The number of carbonyl (C=O) groups excluding carboxylic acids is 1. The SMILES string of the molecule is N=C(N)Nc1cccc(C(=O)Nc2ccc3cn(C(CC(=O)O)c4ccccc4)c(O)c3c2)c1. The maximum Gasteiger partial charge on any atom is 0.305 e. The summed E-state index contributed by atoms with van der Waals surface area (Å²) in [6, 6.07) is 20.2. The summed E-state index contributed by atoms with van der Waals surface area (Å²) in [5.41, 5.74) is 7.43. The predicted molar refractivity (Wildman–Crippen MR) is 130 cm³/mol.